The lowest BCUT2D eigenvalue weighted by molar-refractivity contribution is -0.170. The van der Waals surface area contributed by atoms with Crippen LogP contribution in [0.3, 0.4) is 0 Å². The van der Waals surface area contributed by atoms with E-state index in [0.717, 1.165) is 39.2 Å². The monoisotopic (exact) mass is 458 g/mol. The van der Waals surface area contributed by atoms with Gasteiger partial charge in [0.2, 0.25) is 0 Å². The summed E-state index contributed by atoms with van der Waals surface area (Å²) in [5.74, 6) is -2.09. The number of halogens is 3. The number of benzene rings is 1. The Morgan fingerprint density at radius 2 is 1.78 bits per heavy atom. The highest BCUT2D eigenvalue weighted by atomic mass is 19.4. The maximum Gasteiger partial charge on any atom is 0.471 e. The topological polar surface area (TPSA) is 59.1 Å². The van der Waals surface area contributed by atoms with Crippen LogP contribution in [0.15, 0.2) is 18.2 Å². The molecule has 0 N–H and O–H groups in total. The molecular weight excluding hydrogens is 425 g/mol. The number of hydrogen-bond acceptors (Lipinski definition) is 5. The lowest BCUT2D eigenvalue weighted by Crippen LogP contribution is -2.42. The first-order chi connectivity index (χ1) is 15.0. The number of nitrogens with zero attached hydrogens (tertiary/aromatic N) is 2. The number of alkyl halides is 3. The summed E-state index contributed by atoms with van der Waals surface area (Å²) in [6, 6.07) is 4.85. The number of carbonyl (C=O) groups excluding carboxylic acids is 2. The fourth-order valence-corrected chi connectivity index (χ4v) is 3.98. The van der Waals surface area contributed by atoms with Gasteiger partial charge in [0.1, 0.15) is 5.75 Å². The van der Waals surface area contributed by atoms with E-state index in [1.807, 2.05) is 0 Å². The van der Waals surface area contributed by atoms with Crippen LogP contribution in [-0.4, -0.2) is 50.9 Å². The molecule has 0 unspecified atom stereocenters. The van der Waals surface area contributed by atoms with Crippen molar-refractivity contribution in [2.45, 2.75) is 65.1 Å². The average molecular weight is 459 g/mol. The average Bonchev–Trinajstić information content (AvgIpc) is 2.75. The van der Waals surface area contributed by atoms with Crippen molar-refractivity contribution in [1.29, 1.82) is 0 Å². The summed E-state index contributed by atoms with van der Waals surface area (Å²) in [7, 11) is 1.11. The predicted octanol–water partition coefficient (Wildman–Crippen LogP) is 4.95. The molecule has 2 rings (SSSR count). The molecule has 0 aliphatic heterocycles. The molecule has 0 bridgehead atoms. The minimum atomic E-state index is -5.01. The Kier molecular flexibility index (Phi) is 9.21. The van der Waals surface area contributed by atoms with Crippen LogP contribution in [-0.2, 0) is 14.3 Å². The lowest BCUT2D eigenvalue weighted by atomic mass is 9.93. The molecule has 1 amide bonds. The van der Waals surface area contributed by atoms with E-state index < -0.39 is 18.1 Å². The molecule has 1 aliphatic carbocycles. The molecule has 6 nitrogen and oxygen atoms in total. The van der Waals surface area contributed by atoms with Crippen LogP contribution >= 0.6 is 0 Å². The number of hydrogen-bond donors (Lipinski definition) is 0. The summed E-state index contributed by atoms with van der Waals surface area (Å²) in [5, 5.41) is 0. The van der Waals surface area contributed by atoms with Crippen molar-refractivity contribution in [2.75, 3.05) is 36.6 Å². The quantitative estimate of drug-likeness (QED) is 0.490. The van der Waals surface area contributed by atoms with Gasteiger partial charge in [-0.05, 0) is 37.8 Å². The Bertz CT molecular complexity index is 777. The first-order valence-electron chi connectivity index (χ1n) is 11.1. The van der Waals surface area contributed by atoms with E-state index in [4.69, 9.17) is 9.47 Å². The Morgan fingerprint density at radius 1 is 1.12 bits per heavy atom. The Hall–Kier alpha value is -2.45. The number of anilines is 2. The molecule has 32 heavy (non-hydrogen) atoms. The number of carbonyl (C=O) groups is 2. The Morgan fingerprint density at radius 3 is 2.34 bits per heavy atom. The molecule has 1 fully saturated rings. The molecule has 1 aromatic carbocycles. The minimum Gasteiger partial charge on any atom is -0.482 e. The first-order valence-corrected chi connectivity index (χ1v) is 11.1. The van der Waals surface area contributed by atoms with Crippen LogP contribution in [0, 0.1) is 5.92 Å². The van der Waals surface area contributed by atoms with Gasteiger partial charge in [0.05, 0.1) is 18.0 Å². The van der Waals surface area contributed by atoms with Crippen LogP contribution in [0.1, 0.15) is 52.9 Å². The highest BCUT2D eigenvalue weighted by Crippen LogP contribution is 2.38. The van der Waals surface area contributed by atoms with Crippen molar-refractivity contribution >= 4 is 23.3 Å². The third-order valence-electron chi connectivity index (χ3n) is 5.40. The van der Waals surface area contributed by atoms with Crippen LogP contribution in [0.5, 0.6) is 5.75 Å². The Labute approximate surface area is 187 Å². The smallest absolute Gasteiger partial charge is 0.471 e. The molecular formula is C23H33F3N2O4. The van der Waals surface area contributed by atoms with Crippen LogP contribution in [0.25, 0.3) is 0 Å². The van der Waals surface area contributed by atoms with Gasteiger partial charge in [0.15, 0.2) is 6.61 Å². The minimum absolute atomic E-state index is 0.0971. The standard InChI is InChI=1S/C23H33F3N2O4/c1-5-31-21(29)15-32-18-11-12-19(20(13-18)27(4)22(30)23(24,25)26)28(14-16(2)3)17-9-7-6-8-10-17/h11-13,16-17H,5-10,14-15H2,1-4H3. The fraction of sp³-hybridized carbons (Fsp3) is 0.652. The summed E-state index contributed by atoms with van der Waals surface area (Å²) in [6.45, 7) is 6.24. The maximum absolute atomic E-state index is 13.2. The largest absolute Gasteiger partial charge is 0.482 e. The van der Waals surface area contributed by atoms with Gasteiger partial charge in [-0.1, -0.05) is 33.1 Å². The molecule has 9 heteroatoms. The second-order valence-corrected chi connectivity index (χ2v) is 8.44. The maximum atomic E-state index is 13.2. The van der Waals surface area contributed by atoms with E-state index >= 15 is 0 Å². The van der Waals surface area contributed by atoms with Crippen LogP contribution < -0.4 is 14.5 Å². The molecule has 0 radical (unpaired) electrons. The molecule has 0 spiro atoms. The molecule has 1 aromatic rings. The van der Waals surface area contributed by atoms with Gasteiger partial charge in [-0.3, -0.25) is 4.79 Å². The molecule has 1 saturated carbocycles. The zero-order chi connectivity index (χ0) is 23.9. The Balaban J connectivity index is 2.45. The SMILES string of the molecule is CCOC(=O)COc1ccc(N(CC(C)C)C2CCCCC2)c(N(C)C(=O)C(F)(F)F)c1. The highest BCUT2D eigenvalue weighted by Gasteiger charge is 2.42. The van der Waals surface area contributed by atoms with Crippen molar-refractivity contribution < 1.29 is 32.2 Å². The number of ether oxygens (including phenoxy) is 2. The van der Waals surface area contributed by atoms with Gasteiger partial charge in [0, 0.05) is 25.7 Å². The third kappa shape index (κ3) is 7.03. The van der Waals surface area contributed by atoms with E-state index in [2.05, 4.69) is 18.7 Å². The second-order valence-electron chi connectivity index (χ2n) is 8.44. The summed E-state index contributed by atoms with van der Waals surface area (Å²) >= 11 is 0. The van der Waals surface area contributed by atoms with Gasteiger partial charge in [-0.15, -0.1) is 0 Å². The number of esters is 1. The fourth-order valence-electron chi connectivity index (χ4n) is 3.98. The molecule has 0 saturated heterocycles. The van der Waals surface area contributed by atoms with Crippen molar-refractivity contribution in [3.63, 3.8) is 0 Å². The van der Waals surface area contributed by atoms with Gasteiger partial charge in [0.25, 0.3) is 0 Å². The van der Waals surface area contributed by atoms with E-state index in [1.165, 1.54) is 6.07 Å². The number of rotatable bonds is 9. The molecule has 0 heterocycles. The summed E-state index contributed by atoms with van der Waals surface area (Å²) in [6.07, 6.45) is 0.154. The van der Waals surface area contributed by atoms with Gasteiger partial charge in [-0.2, -0.15) is 13.2 Å². The van der Waals surface area contributed by atoms with Crippen molar-refractivity contribution in [2.24, 2.45) is 5.92 Å². The van der Waals surface area contributed by atoms with Gasteiger partial charge >= 0.3 is 18.1 Å². The highest BCUT2D eigenvalue weighted by molar-refractivity contribution is 6.00. The molecule has 1 aliphatic rings. The number of amides is 1. The molecule has 180 valence electrons. The summed E-state index contributed by atoms with van der Waals surface area (Å²) in [5.41, 5.74) is 0.647. The van der Waals surface area contributed by atoms with E-state index in [-0.39, 0.29) is 36.6 Å². The first kappa shape index (κ1) is 25.8. The van der Waals surface area contributed by atoms with Crippen molar-refractivity contribution in [3.05, 3.63) is 18.2 Å². The molecule has 0 aromatic heterocycles. The van der Waals surface area contributed by atoms with Crippen molar-refractivity contribution in [1.82, 2.24) is 0 Å². The van der Waals surface area contributed by atoms with Crippen LogP contribution in [0.2, 0.25) is 0 Å². The lowest BCUT2D eigenvalue weighted by Gasteiger charge is -2.39. The van der Waals surface area contributed by atoms with E-state index in [1.54, 1.807) is 19.1 Å². The van der Waals surface area contributed by atoms with E-state index in [0.29, 0.717) is 17.1 Å². The molecule has 0 atom stereocenters. The second kappa shape index (κ2) is 11.4. The summed E-state index contributed by atoms with van der Waals surface area (Å²) < 4.78 is 49.9. The van der Waals surface area contributed by atoms with Gasteiger partial charge in [-0.25, -0.2) is 4.79 Å². The third-order valence-corrected chi connectivity index (χ3v) is 5.40. The normalized spacial score (nSPS) is 14.9. The predicted molar refractivity (Wildman–Crippen MR) is 117 cm³/mol. The zero-order valence-corrected chi connectivity index (χ0v) is 19.2. The van der Waals surface area contributed by atoms with Crippen molar-refractivity contribution in [3.8, 4) is 5.75 Å². The van der Waals surface area contributed by atoms with E-state index in [9.17, 15) is 22.8 Å². The zero-order valence-electron chi connectivity index (χ0n) is 19.2. The summed E-state index contributed by atoms with van der Waals surface area (Å²) in [4.78, 5) is 26.4. The van der Waals surface area contributed by atoms with Gasteiger partial charge < -0.3 is 19.3 Å². The van der Waals surface area contributed by atoms with Crippen LogP contribution in [0.4, 0.5) is 24.5 Å².